The van der Waals surface area contributed by atoms with E-state index >= 15 is 0 Å². The molecule has 0 unspecified atom stereocenters. The zero-order valence-electron chi connectivity index (χ0n) is 17.6. The van der Waals surface area contributed by atoms with E-state index in [-0.39, 0.29) is 24.3 Å². The number of fused-ring (bicyclic) bond motifs is 1. The van der Waals surface area contributed by atoms with E-state index in [0.717, 1.165) is 22.8 Å². The second-order valence-electron chi connectivity index (χ2n) is 7.02. The first-order valence-corrected chi connectivity index (χ1v) is 9.63. The van der Waals surface area contributed by atoms with Crippen LogP contribution in [-0.2, 0) is 17.9 Å². The lowest BCUT2D eigenvalue weighted by molar-refractivity contribution is -0.116. The maximum Gasteiger partial charge on any atom is 0.283 e. The van der Waals surface area contributed by atoms with Gasteiger partial charge >= 0.3 is 0 Å². The van der Waals surface area contributed by atoms with Crippen molar-refractivity contribution >= 4 is 22.8 Å². The summed E-state index contributed by atoms with van der Waals surface area (Å²) in [5.41, 5.74) is 0.170. The van der Waals surface area contributed by atoms with Gasteiger partial charge in [0.1, 0.15) is 36.0 Å². The molecule has 33 heavy (non-hydrogen) atoms. The van der Waals surface area contributed by atoms with E-state index in [1.54, 1.807) is 18.2 Å². The molecule has 1 N–H and O–H groups in total. The van der Waals surface area contributed by atoms with Crippen LogP contribution in [0.4, 0.5) is 14.5 Å². The van der Waals surface area contributed by atoms with Gasteiger partial charge < -0.3 is 14.8 Å². The molecule has 170 valence electrons. The third kappa shape index (κ3) is 4.79. The van der Waals surface area contributed by atoms with Gasteiger partial charge in [-0.2, -0.15) is 0 Å². The lowest BCUT2D eigenvalue weighted by Gasteiger charge is -2.10. The molecule has 4 rings (SSSR count). The van der Waals surface area contributed by atoms with Gasteiger partial charge in [-0.1, -0.05) is 5.21 Å². The fourth-order valence-electron chi connectivity index (χ4n) is 3.22. The van der Waals surface area contributed by atoms with Gasteiger partial charge in [0.2, 0.25) is 5.91 Å². The van der Waals surface area contributed by atoms with Crippen molar-refractivity contribution in [1.82, 2.24) is 24.5 Å². The quantitative estimate of drug-likeness (QED) is 0.452. The van der Waals surface area contributed by atoms with Crippen molar-refractivity contribution in [1.29, 1.82) is 0 Å². The predicted molar refractivity (Wildman–Crippen MR) is 113 cm³/mol. The number of anilines is 1. The molecule has 10 nitrogen and oxygen atoms in total. The second kappa shape index (κ2) is 9.02. The van der Waals surface area contributed by atoms with E-state index < -0.39 is 23.1 Å². The molecule has 0 aliphatic carbocycles. The number of rotatable bonds is 7. The summed E-state index contributed by atoms with van der Waals surface area (Å²) in [4.78, 5) is 29.4. The third-order valence-electron chi connectivity index (χ3n) is 4.70. The Kier molecular flexibility index (Phi) is 5.98. The molecule has 0 saturated heterocycles. The monoisotopic (exact) mass is 456 g/mol. The Morgan fingerprint density at radius 3 is 2.33 bits per heavy atom. The number of carbonyl (C=O) groups is 1. The van der Waals surface area contributed by atoms with E-state index in [2.05, 4.69) is 20.6 Å². The van der Waals surface area contributed by atoms with Crippen molar-refractivity contribution in [2.75, 3.05) is 19.5 Å². The average Bonchev–Trinajstić information content (AvgIpc) is 3.18. The summed E-state index contributed by atoms with van der Waals surface area (Å²) in [7, 11) is 2.97. The van der Waals surface area contributed by atoms with E-state index in [9.17, 15) is 18.4 Å². The number of aromatic nitrogens is 5. The van der Waals surface area contributed by atoms with Crippen LogP contribution >= 0.6 is 0 Å². The van der Waals surface area contributed by atoms with Crippen LogP contribution in [0, 0.1) is 11.6 Å². The zero-order valence-corrected chi connectivity index (χ0v) is 17.6. The lowest BCUT2D eigenvalue weighted by atomic mass is 10.2. The van der Waals surface area contributed by atoms with Crippen LogP contribution in [0.3, 0.4) is 0 Å². The standard InChI is InChI=1S/C21H18F2N6O4/c1-32-16-6-15(7-17(8-16)33-2)25-18(30)10-28-11-24-20-19(21(28)31)26-27-29(20)9-12-3-13(22)5-14(23)4-12/h3-8,11H,9-10H2,1-2H3,(H,25,30). The number of amides is 1. The molecule has 0 radical (unpaired) electrons. The van der Waals surface area contributed by atoms with E-state index in [1.807, 2.05) is 0 Å². The van der Waals surface area contributed by atoms with E-state index in [4.69, 9.17) is 9.47 Å². The Morgan fingerprint density at radius 2 is 1.70 bits per heavy atom. The molecular weight excluding hydrogens is 438 g/mol. The summed E-state index contributed by atoms with van der Waals surface area (Å²) in [5.74, 6) is -0.982. The van der Waals surface area contributed by atoms with Gasteiger partial charge in [0, 0.05) is 30.0 Å². The summed E-state index contributed by atoms with van der Waals surface area (Å²) >= 11 is 0. The minimum absolute atomic E-state index is 0.0419. The zero-order chi connectivity index (χ0) is 23.5. The van der Waals surface area contributed by atoms with Crippen molar-refractivity contribution in [3.8, 4) is 11.5 Å². The van der Waals surface area contributed by atoms with Crippen LogP contribution in [0.5, 0.6) is 11.5 Å². The minimum atomic E-state index is -0.732. The van der Waals surface area contributed by atoms with Gasteiger partial charge in [0.25, 0.3) is 5.56 Å². The summed E-state index contributed by atoms with van der Waals surface area (Å²) < 4.78 is 39.5. The SMILES string of the molecule is COc1cc(NC(=O)Cn2cnc3c(nnn3Cc3cc(F)cc(F)c3)c2=O)cc(OC)c1. The molecule has 0 fully saturated rings. The number of methoxy groups -OCH3 is 2. The number of ether oxygens (including phenoxy) is 2. The van der Waals surface area contributed by atoms with Gasteiger partial charge in [-0.05, 0) is 17.7 Å². The normalized spacial score (nSPS) is 10.9. The Balaban J connectivity index is 1.54. The highest BCUT2D eigenvalue weighted by molar-refractivity contribution is 5.91. The Bertz CT molecular complexity index is 1360. The average molecular weight is 456 g/mol. The first-order chi connectivity index (χ1) is 15.9. The molecule has 0 atom stereocenters. The van der Waals surface area contributed by atoms with Crippen LogP contribution < -0.4 is 20.3 Å². The Morgan fingerprint density at radius 1 is 1.03 bits per heavy atom. The summed E-state index contributed by atoms with van der Waals surface area (Å²) in [6.45, 7) is -0.372. The fraction of sp³-hybridized carbons (Fsp3) is 0.190. The summed E-state index contributed by atoms with van der Waals surface area (Å²) in [6.07, 6.45) is 1.18. The van der Waals surface area contributed by atoms with Crippen LogP contribution in [-0.4, -0.2) is 44.7 Å². The first-order valence-electron chi connectivity index (χ1n) is 9.63. The van der Waals surface area contributed by atoms with Crippen LogP contribution in [0.15, 0.2) is 47.5 Å². The molecule has 1 amide bonds. The van der Waals surface area contributed by atoms with Gasteiger partial charge in [0.05, 0.1) is 20.8 Å². The van der Waals surface area contributed by atoms with Crippen molar-refractivity contribution in [2.45, 2.75) is 13.1 Å². The van der Waals surface area contributed by atoms with Crippen LogP contribution in [0.2, 0.25) is 0 Å². The third-order valence-corrected chi connectivity index (χ3v) is 4.70. The minimum Gasteiger partial charge on any atom is -0.497 e. The molecule has 2 heterocycles. The highest BCUT2D eigenvalue weighted by atomic mass is 19.1. The molecule has 12 heteroatoms. The lowest BCUT2D eigenvalue weighted by Crippen LogP contribution is -2.28. The molecule has 0 aliphatic rings. The molecule has 0 bridgehead atoms. The second-order valence-corrected chi connectivity index (χ2v) is 7.02. The summed E-state index contributed by atoms with van der Waals surface area (Å²) in [5, 5.41) is 10.3. The number of halogens is 2. The van der Waals surface area contributed by atoms with Gasteiger partial charge in [-0.15, -0.1) is 5.10 Å². The Labute approximate surface area is 185 Å². The van der Waals surface area contributed by atoms with Crippen LogP contribution in [0.25, 0.3) is 11.2 Å². The smallest absolute Gasteiger partial charge is 0.283 e. The van der Waals surface area contributed by atoms with E-state index in [1.165, 1.54) is 25.2 Å². The number of nitrogens with one attached hydrogen (secondary N) is 1. The summed E-state index contributed by atoms with van der Waals surface area (Å²) in [6, 6.07) is 7.91. The topological polar surface area (TPSA) is 113 Å². The molecule has 0 aliphatic heterocycles. The molecule has 2 aromatic carbocycles. The molecule has 2 aromatic heterocycles. The Hall–Kier alpha value is -4.35. The van der Waals surface area contributed by atoms with Crippen molar-refractivity contribution in [2.24, 2.45) is 0 Å². The highest BCUT2D eigenvalue weighted by Gasteiger charge is 2.15. The van der Waals surface area contributed by atoms with Crippen molar-refractivity contribution in [3.05, 3.63) is 70.3 Å². The molecule has 4 aromatic rings. The van der Waals surface area contributed by atoms with Crippen LogP contribution in [0.1, 0.15) is 5.56 Å². The fourth-order valence-corrected chi connectivity index (χ4v) is 3.22. The number of carbonyl (C=O) groups excluding carboxylic acids is 1. The molecular formula is C21H18F2N6O4. The largest absolute Gasteiger partial charge is 0.497 e. The number of hydrogen-bond acceptors (Lipinski definition) is 7. The maximum atomic E-state index is 13.4. The van der Waals surface area contributed by atoms with Crippen molar-refractivity contribution in [3.63, 3.8) is 0 Å². The molecule has 0 spiro atoms. The van der Waals surface area contributed by atoms with Gasteiger partial charge in [-0.3, -0.25) is 14.2 Å². The van der Waals surface area contributed by atoms with E-state index in [0.29, 0.717) is 22.7 Å². The maximum absolute atomic E-state index is 13.4. The van der Waals surface area contributed by atoms with Gasteiger partial charge in [-0.25, -0.2) is 18.4 Å². The number of benzene rings is 2. The highest BCUT2D eigenvalue weighted by Crippen LogP contribution is 2.25. The van der Waals surface area contributed by atoms with Crippen molar-refractivity contribution < 1.29 is 23.0 Å². The first kappa shape index (κ1) is 21.9. The molecule has 0 saturated carbocycles. The number of nitrogens with zero attached hydrogens (tertiary/aromatic N) is 5. The predicted octanol–water partition coefficient (Wildman–Crippen LogP) is 1.97. The number of hydrogen-bond donors (Lipinski definition) is 1. The van der Waals surface area contributed by atoms with Gasteiger partial charge in [0.15, 0.2) is 11.2 Å².